The van der Waals surface area contributed by atoms with Crippen molar-refractivity contribution in [1.82, 2.24) is 4.57 Å². The number of esters is 1. The SMILES string of the molecule is CCOC(=O)Cn1c(C)ccc(NC(=O)OCc2ccccc2)c1=O. The van der Waals surface area contributed by atoms with Gasteiger partial charge in [-0.25, -0.2) is 4.79 Å². The molecule has 1 N–H and O–H groups in total. The molecular formula is C18H20N2O5. The van der Waals surface area contributed by atoms with Gasteiger partial charge in [-0.2, -0.15) is 0 Å². The van der Waals surface area contributed by atoms with Gasteiger partial charge in [-0.1, -0.05) is 30.3 Å². The highest BCUT2D eigenvalue weighted by atomic mass is 16.5. The number of rotatable bonds is 6. The highest BCUT2D eigenvalue weighted by Gasteiger charge is 2.13. The van der Waals surface area contributed by atoms with Crippen LogP contribution in [0.15, 0.2) is 47.3 Å². The zero-order valence-electron chi connectivity index (χ0n) is 14.2. The number of carbonyl (C=O) groups excluding carboxylic acids is 2. The third kappa shape index (κ3) is 5.20. The number of pyridine rings is 1. The van der Waals surface area contributed by atoms with Crippen molar-refractivity contribution in [1.29, 1.82) is 0 Å². The van der Waals surface area contributed by atoms with Crippen LogP contribution in [0.1, 0.15) is 18.2 Å². The predicted molar refractivity (Wildman–Crippen MR) is 92.3 cm³/mol. The predicted octanol–water partition coefficient (Wildman–Crippen LogP) is 2.47. The van der Waals surface area contributed by atoms with Gasteiger partial charge in [-0.3, -0.25) is 19.5 Å². The van der Waals surface area contributed by atoms with E-state index >= 15 is 0 Å². The number of hydrogen-bond acceptors (Lipinski definition) is 5. The van der Waals surface area contributed by atoms with Gasteiger partial charge in [0.1, 0.15) is 18.8 Å². The number of carbonyl (C=O) groups is 2. The molecule has 0 saturated carbocycles. The van der Waals surface area contributed by atoms with Gasteiger partial charge < -0.3 is 9.47 Å². The van der Waals surface area contributed by atoms with Crippen LogP contribution in [0, 0.1) is 6.92 Å². The zero-order valence-corrected chi connectivity index (χ0v) is 14.2. The first-order valence-corrected chi connectivity index (χ1v) is 7.85. The molecule has 2 rings (SSSR count). The number of ether oxygens (including phenoxy) is 2. The highest BCUT2D eigenvalue weighted by molar-refractivity contribution is 5.84. The Bertz CT molecular complexity index is 799. The smallest absolute Gasteiger partial charge is 0.412 e. The quantitative estimate of drug-likeness (QED) is 0.814. The first-order chi connectivity index (χ1) is 12.0. The monoisotopic (exact) mass is 344 g/mol. The standard InChI is InChI=1S/C18H20N2O5/c1-3-24-16(21)11-20-13(2)9-10-15(17(20)22)19-18(23)25-12-14-7-5-4-6-8-14/h4-10H,3,11-12H2,1-2H3,(H,19,23). The van der Waals surface area contributed by atoms with Crippen molar-refractivity contribution in [2.75, 3.05) is 11.9 Å². The summed E-state index contributed by atoms with van der Waals surface area (Å²) < 4.78 is 11.2. The molecule has 0 aliphatic heterocycles. The molecule has 0 fully saturated rings. The van der Waals surface area contributed by atoms with Gasteiger partial charge in [0, 0.05) is 5.69 Å². The molecule has 1 aromatic heterocycles. The molecule has 1 aromatic carbocycles. The fourth-order valence-corrected chi connectivity index (χ4v) is 2.17. The molecule has 25 heavy (non-hydrogen) atoms. The molecule has 0 radical (unpaired) electrons. The van der Waals surface area contributed by atoms with Gasteiger partial charge in [0.15, 0.2) is 0 Å². The molecule has 1 heterocycles. The maximum absolute atomic E-state index is 12.4. The van der Waals surface area contributed by atoms with Gasteiger partial charge >= 0.3 is 12.1 Å². The Morgan fingerprint density at radius 1 is 1.08 bits per heavy atom. The zero-order chi connectivity index (χ0) is 18.2. The van der Waals surface area contributed by atoms with Crippen LogP contribution in [0.5, 0.6) is 0 Å². The normalized spacial score (nSPS) is 10.2. The van der Waals surface area contributed by atoms with Crippen molar-refractivity contribution in [3.05, 3.63) is 64.1 Å². The van der Waals surface area contributed by atoms with Crippen LogP contribution >= 0.6 is 0 Å². The molecule has 0 atom stereocenters. The summed E-state index contributed by atoms with van der Waals surface area (Å²) >= 11 is 0. The van der Waals surface area contributed by atoms with Gasteiger partial charge in [0.25, 0.3) is 5.56 Å². The fraction of sp³-hybridized carbons (Fsp3) is 0.278. The fourth-order valence-electron chi connectivity index (χ4n) is 2.17. The Morgan fingerprint density at radius 3 is 2.48 bits per heavy atom. The summed E-state index contributed by atoms with van der Waals surface area (Å²) in [6, 6.07) is 12.3. The minimum absolute atomic E-state index is 0.0351. The topological polar surface area (TPSA) is 86.6 Å². The Labute approximate surface area is 145 Å². The van der Waals surface area contributed by atoms with Crippen LogP contribution in [-0.2, 0) is 27.4 Å². The van der Waals surface area contributed by atoms with Crippen LogP contribution in [0.3, 0.4) is 0 Å². The van der Waals surface area contributed by atoms with Gasteiger partial charge in [-0.05, 0) is 31.5 Å². The average Bonchev–Trinajstić information content (AvgIpc) is 2.60. The molecule has 2 aromatic rings. The number of hydrogen-bond donors (Lipinski definition) is 1. The summed E-state index contributed by atoms with van der Waals surface area (Å²) in [5, 5.41) is 2.41. The first-order valence-electron chi connectivity index (χ1n) is 7.85. The molecule has 0 saturated heterocycles. The maximum atomic E-state index is 12.4. The van der Waals surface area contributed by atoms with Crippen molar-refractivity contribution >= 4 is 17.7 Å². The summed E-state index contributed by atoms with van der Waals surface area (Å²) in [6.45, 7) is 3.49. The lowest BCUT2D eigenvalue weighted by molar-refractivity contribution is -0.143. The largest absolute Gasteiger partial charge is 0.465 e. The molecule has 7 heteroatoms. The van der Waals surface area contributed by atoms with E-state index in [0.29, 0.717) is 5.69 Å². The third-order valence-corrected chi connectivity index (χ3v) is 3.43. The summed E-state index contributed by atoms with van der Waals surface area (Å²) in [5.41, 5.74) is 0.959. The first kappa shape index (κ1) is 18.3. The Balaban J connectivity index is 2.05. The number of nitrogens with zero attached hydrogens (tertiary/aromatic N) is 1. The molecule has 0 aliphatic rings. The van der Waals surface area contributed by atoms with E-state index in [2.05, 4.69) is 5.32 Å². The van der Waals surface area contributed by atoms with Crippen molar-refractivity contribution in [2.45, 2.75) is 27.0 Å². The number of benzene rings is 1. The molecule has 132 valence electrons. The van der Waals surface area contributed by atoms with Crippen LogP contribution < -0.4 is 10.9 Å². The summed E-state index contributed by atoms with van der Waals surface area (Å²) in [4.78, 5) is 35.9. The van der Waals surface area contributed by atoms with E-state index in [-0.39, 0.29) is 25.4 Å². The van der Waals surface area contributed by atoms with E-state index in [1.807, 2.05) is 30.3 Å². The lowest BCUT2D eigenvalue weighted by Gasteiger charge is -2.12. The van der Waals surface area contributed by atoms with Gasteiger partial charge in [0.2, 0.25) is 0 Å². The Morgan fingerprint density at radius 2 is 1.80 bits per heavy atom. The van der Waals surface area contributed by atoms with Crippen LogP contribution in [0.4, 0.5) is 10.5 Å². The summed E-state index contributed by atoms with van der Waals surface area (Å²) in [6.07, 6.45) is -0.743. The lowest BCUT2D eigenvalue weighted by Crippen LogP contribution is -2.30. The van der Waals surface area contributed by atoms with E-state index in [0.717, 1.165) is 5.56 Å². The maximum Gasteiger partial charge on any atom is 0.412 e. The second-order valence-corrected chi connectivity index (χ2v) is 5.27. The molecule has 0 bridgehead atoms. The van der Waals surface area contributed by atoms with Crippen molar-refractivity contribution in [3.8, 4) is 0 Å². The van der Waals surface area contributed by atoms with Crippen molar-refractivity contribution < 1.29 is 19.1 Å². The number of aryl methyl sites for hydroxylation is 1. The number of nitrogens with one attached hydrogen (secondary N) is 1. The summed E-state index contributed by atoms with van der Waals surface area (Å²) in [7, 11) is 0. The summed E-state index contributed by atoms with van der Waals surface area (Å²) in [5.74, 6) is -0.517. The highest BCUT2D eigenvalue weighted by Crippen LogP contribution is 2.06. The number of amides is 1. The minimum atomic E-state index is -0.743. The lowest BCUT2D eigenvalue weighted by atomic mass is 10.2. The minimum Gasteiger partial charge on any atom is -0.465 e. The van der Waals surface area contributed by atoms with E-state index < -0.39 is 17.6 Å². The molecule has 0 spiro atoms. The van der Waals surface area contributed by atoms with E-state index in [1.165, 1.54) is 10.6 Å². The molecule has 0 unspecified atom stereocenters. The molecule has 1 amide bonds. The molecule has 7 nitrogen and oxygen atoms in total. The molecule has 0 aliphatic carbocycles. The van der Waals surface area contributed by atoms with Crippen molar-refractivity contribution in [3.63, 3.8) is 0 Å². The Hall–Kier alpha value is -3.09. The van der Waals surface area contributed by atoms with E-state index in [1.54, 1.807) is 19.9 Å². The van der Waals surface area contributed by atoms with Crippen LogP contribution in [-0.4, -0.2) is 23.2 Å². The second kappa shape index (κ2) is 8.68. The second-order valence-electron chi connectivity index (χ2n) is 5.27. The van der Waals surface area contributed by atoms with E-state index in [9.17, 15) is 14.4 Å². The van der Waals surface area contributed by atoms with Crippen molar-refractivity contribution in [2.24, 2.45) is 0 Å². The average molecular weight is 344 g/mol. The molecular weight excluding hydrogens is 324 g/mol. The van der Waals surface area contributed by atoms with Gasteiger partial charge in [0.05, 0.1) is 6.61 Å². The number of anilines is 1. The van der Waals surface area contributed by atoms with Crippen LogP contribution in [0.25, 0.3) is 0 Å². The third-order valence-electron chi connectivity index (χ3n) is 3.43. The Kier molecular flexibility index (Phi) is 6.33. The van der Waals surface area contributed by atoms with Gasteiger partial charge in [-0.15, -0.1) is 0 Å². The number of aromatic nitrogens is 1. The van der Waals surface area contributed by atoms with Crippen LogP contribution in [0.2, 0.25) is 0 Å². The van der Waals surface area contributed by atoms with E-state index in [4.69, 9.17) is 9.47 Å².